The third-order valence-electron chi connectivity index (χ3n) is 4.18. The molecule has 114 valence electrons. The van der Waals surface area contributed by atoms with Crippen molar-refractivity contribution in [1.29, 1.82) is 0 Å². The number of para-hydroxylation sites is 1. The molecule has 0 aromatic heterocycles. The molecule has 1 heterocycles. The Morgan fingerprint density at radius 3 is 2.71 bits per heavy atom. The molecular formula is C16H22N2O3. The van der Waals surface area contributed by atoms with Crippen molar-refractivity contribution in [2.75, 3.05) is 4.90 Å². The molecule has 1 aliphatic rings. The summed E-state index contributed by atoms with van der Waals surface area (Å²) >= 11 is 0. The summed E-state index contributed by atoms with van der Waals surface area (Å²) in [6.07, 6.45) is 1.49. The minimum Gasteiger partial charge on any atom is -0.480 e. The average Bonchev–Trinajstić information content (AvgIpc) is 2.79. The lowest BCUT2D eigenvalue weighted by Gasteiger charge is -2.27. The number of rotatable bonds is 4. The highest BCUT2D eigenvalue weighted by molar-refractivity contribution is 5.97. The van der Waals surface area contributed by atoms with E-state index >= 15 is 0 Å². The lowest BCUT2D eigenvalue weighted by molar-refractivity contribution is -0.140. The van der Waals surface area contributed by atoms with Crippen molar-refractivity contribution in [3.05, 3.63) is 29.8 Å². The van der Waals surface area contributed by atoms with Gasteiger partial charge in [0.2, 0.25) is 0 Å². The summed E-state index contributed by atoms with van der Waals surface area (Å²) in [5, 5.41) is 12.0. The van der Waals surface area contributed by atoms with Gasteiger partial charge in [-0.3, -0.25) is 4.90 Å². The Bertz CT molecular complexity index is 544. The second-order valence-corrected chi connectivity index (χ2v) is 5.70. The van der Waals surface area contributed by atoms with Crippen molar-refractivity contribution in [2.45, 2.75) is 45.7 Å². The van der Waals surface area contributed by atoms with Gasteiger partial charge in [0, 0.05) is 11.7 Å². The number of aliphatic carboxylic acids is 1. The quantitative estimate of drug-likeness (QED) is 0.895. The predicted octanol–water partition coefficient (Wildman–Crippen LogP) is 2.65. The van der Waals surface area contributed by atoms with Crippen LogP contribution in [0.25, 0.3) is 0 Å². The number of nitrogens with zero attached hydrogens (tertiary/aromatic N) is 1. The van der Waals surface area contributed by atoms with Gasteiger partial charge in [-0.1, -0.05) is 38.5 Å². The molecule has 1 aromatic rings. The summed E-state index contributed by atoms with van der Waals surface area (Å²) in [6, 6.07) is 6.59. The maximum absolute atomic E-state index is 12.5. The van der Waals surface area contributed by atoms with E-state index in [1.165, 1.54) is 0 Å². The highest BCUT2D eigenvalue weighted by atomic mass is 16.4. The number of carbonyl (C=O) groups is 2. The van der Waals surface area contributed by atoms with E-state index in [1.54, 1.807) is 4.90 Å². The summed E-state index contributed by atoms with van der Waals surface area (Å²) in [7, 11) is 0. The van der Waals surface area contributed by atoms with Gasteiger partial charge in [-0.15, -0.1) is 0 Å². The molecule has 2 N–H and O–H groups in total. The van der Waals surface area contributed by atoms with Crippen molar-refractivity contribution in [2.24, 2.45) is 5.92 Å². The van der Waals surface area contributed by atoms with Gasteiger partial charge in [0.25, 0.3) is 0 Å². The van der Waals surface area contributed by atoms with Crippen LogP contribution in [0.1, 0.15) is 32.8 Å². The number of carbonyl (C=O) groups excluding carboxylic acids is 1. The number of nitrogens with one attached hydrogen (secondary N) is 1. The van der Waals surface area contributed by atoms with E-state index in [-0.39, 0.29) is 18.0 Å². The Balaban J connectivity index is 2.18. The Labute approximate surface area is 125 Å². The number of urea groups is 1. The standard InChI is InChI=1S/C16H22N2O3/c1-4-10(2)14(15(19)20)17-16(21)18-11(3)9-12-7-5-6-8-13(12)18/h5-8,10-11,14H,4,9H2,1-3H3,(H,17,21)(H,19,20)/t10?,11?,14-/m0/s1. The zero-order valence-electron chi connectivity index (χ0n) is 12.7. The smallest absolute Gasteiger partial charge is 0.326 e. The molecule has 21 heavy (non-hydrogen) atoms. The van der Waals surface area contributed by atoms with E-state index in [4.69, 9.17) is 0 Å². The van der Waals surface area contributed by atoms with Crippen molar-refractivity contribution >= 4 is 17.7 Å². The lowest BCUT2D eigenvalue weighted by atomic mass is 9.99. The minimum absolute atomic E-state index is 0.0359. The van der Waals surface area contributed by atoms with Crippen LogP contribution in [0.5, 0.6) is 0 Å². The van der Waals surface area contributed by atoms with Crippen LogP contribution in [0.3, 0.4) is 0 Å². The van der Waals surface area contributed by atoms with E-state index in [2.05, 4.69) is 5.32 Å². The minimum atomic E-state index is -0.988. The van der Waals surface area contributed by atoms with Gasteiger partial charge in [-0.05, 0) is 30.9 Å². The Hall–Kier alpha value is -2.04. The number of hydrogen-bond acceptors (Lipinski definition) is 2. The molecule has 0 spiro atoms. The molecule has 2 unspecified atom stereocenters. The predicted molar refractivity (Wildman–Crippen MR) is 81.5 cm³/mol. The summed E-state index contributed by atoms with van der Waals surface area (Å²) in [5.74, 6) is -1.10. The van der Waals surface area contributed by atoms with Crippen molar-refractivity contribution in [3.63, 3.8) is 0 Å². The third kappa shape index (κ3) is 3.01. The first-order chi connectivity index (χ1) is 9.95. The molecule has 3 atom stereocenters. The molecule has 0 fully saturated rings. The fourth-order valence-electron chi connectivity index (χ4n) is 2.76. The zero-order valence-corrected chi connectivity index (χ0v) is 12.7. The summed E-state index contributed by atoms with van der Waals surface area (Å²) in [4.78, 5) is 25.5. The summed E-state index contributed by atoms with van der Waals surface area (Å²) < 4.78 is 0. The van der Waals surface area contributed by atoms with E-state index in [0.717, 1.165) is 17.7 Å². The highest BCUT2D eigenvalue weighted by Gasteiger charge is 2.34. The second kappa shape index (κ2) is 6.16. The van der Waals surface area contributed by atoms with Crippen molar-refractivity contribution in [1.82, 2.24) is 5.32 Å². The molecule has 0 saturated carbocycles. The van der Waals surface area contributed by atoms with E-state index in [1.807, 2.05) is 45.0 Å². The molecule has 0 radical (unpaired) electrons. The van der Waals surface area contributed by atoms with Gasteiger partial charge >= 0.3 is 12.0 Å². The van der Waals surface area contributed by atoms with Gasteiger partial charge in [0.05, 0.1) is 0 Å². The molecule has 0 aliphatic carbocycles. The fraction of sp³-hybridized carbons (Fsp3) is 0.500. The lowest BCUT2D eigenvalue weighted by Crippen LogP contribution is -2.52. The number of benzene rings is 1. The molecule has 5 heteroatoms. The first-order valence-corrected chi connectivity index (χ1v) is 7.36. The number of anilines is 1. The number of amides is 2. The van der Waals surface area contributed by atoms with E-state index < -0.39 is 12.0 Å². The molecule has 0 bridgehead atoms. The Kier molecular flexibility index (Phi) is 4.50. The summed E-state index contributed by atoms with van der Waals surface area (Å²) in [5.41, 5.74) is 1.99. The zero-order chi connectivity index (χ0) is 15.6. The fourth-order valence-corrected chi connectivity index (χ4v) is 2.76. The van der Waals surface area contributed by atoms with Crippen LogP contribution < -0.4 is 10.2 Å². The molecule has 1 aromatic carbocycles. The second-order valence-electron chi connectivity index (χ2n) is 5.70. The van der Waals surface area contributed by atoms with Gasteiger partial charge in [0.1, 0.15) is 6.04 Å². The van der Waals surface area contributed by atoms with E-state index in [0.29, 0.717) is 6.42 Å². The maximum Gasteiger partial charge on any atom is 0.326 e. The van der Waals surface area contributed by atoms with Crippen LogP contribution in [-0.2, 0) is 11.2 Å². The van der Waals surface area contributed by atoms with Crippen LogP contribution in [-0.4, -0.2) is 29.2 Å². The van der Waals surface area contributed by atoms with Gasteiger partial charge in [-0.2, -0.15) is 0 Å². The molecule has 2 rings (SSSR count). The van der Waals surface area contributed by atoms with Gasteiger partial charge in [-0.25, -0.2) is 9.59 Å². The van der Waals surface area contributed by atoms with Gasteiger partial charge < -0.3 is 10.4 Å². The Morgan fingerprint density at radius 2 is 2.10 bits per heavy atom. The molecular weight excluding hydrogens is 268 g/mol. The van der Waals surface area contributed by atoms with E-state index in [9.17, 15) is 14.7 Å². The molecule has 5 nitrogen and oxygen atoms in total. The summed E-state index contributed by atoms with van der Waals surface area (Å²) in [6.45, 7) is 5.72. The number of fused-ring (bicyclic) bond motifs is 1. The van der Waals surface area contributed by atoms with Crippen LogP contribution in [0.15, 0.2) is 24.3 Å². The largest absolute Gasteiger partial charge is 0.480 e. The van der Waals surface area contributed by atoms with Crippen LogP contribution in [0.4, 0.5) is 10.5 Å². The van der Waals surface area contributed by atoms with Crippen LogP contribution in [0.2, 0.25) is 0 Å². The Morgan fingerprint density at radius 1 is 1.43 bits per heavy atom. The molecule has 2 amide bonds. The average molecular weight is 290 g/mol. The number of carboxylic acids is 1. The molecule has 1 aliphatic heterocycles. The third-order valence-corrected chi connectivity index (χ3v) is 4.18. The number of carboxylic acid groups (broad SMARTS) is 1. The first kappa shape index (κ1) is 15.4. The highest BCUT2D eigenvalue weighted by Crippen LogP contribution is 2.31. The van der Waals surface area contributed by atoms with Crippen molar-refractivity contribution < 1.29 is 14.7 Å². The van der Waals surface area contributed by atoms with Crippen LogP contribution in [0, 0.1) is 5.92 Å². The first-order valence-electron chi connectivity index (χ1n) is 7.36. The molecule has 0 saturated heterocycles. The normalized spacial score (nSPS) is 19.8. The SMILES string of the molecule is CCC(C)[C@H](NC(=O)N1c2ccccc2CC1C)C(=O)O. The van der Waals surface area contributed by atoms with Gasteiger partial charge in [0.15, 0.2) is 0 Å². The topological polar surface area (TPSA) is 69.6 Å². The number of hydrogen-bond donors (Lipinski definition) is 2. The van der Waals surface area contributed by atoms with Crippen LogP contribution >= 0.6 is 0 Å². The monoisotopic (exact) mass is 290 g/mol. The maximum atomic E-state index is 12.5. The van der Waals surface area contributed by atoms with Crippen molar-refractivity contribution in [3.8, 4) is 0 Å².